The first-order valence-corrected chi connectivity index (χ1v) is 13.3. The largest absolute Gasteiger partial charge is 0.457 e. The van der Waals surface area contributed by atoms with Crippen LogP contribution in [0.2, 0.25) is 4.34 Å². The van der Waals surface area contributed by atoms with Crippen molar-refractivity contribution in [2.45, 2.75) is 37.2 Å². The summed E-state index contributed by atoms with van der Waals surface area (Å²) < 4.78 is 50.0. The summed E-state index contributed by atoms with van der Waals surface area (Å²) in [6, 6.07) is 15.9. The number of hydrogen-bond acceptors (Lipinski definition) is 6. The van der Waals surface area contributed by atoms with Crippen LogP contribution in [0.3, 0.4) is 0 Å². The third kappa shape index (κ3) is 5.12. The van der Waals surface area contributed by atoms with Gasteiger partial charge in [0.2, 0.25) is 10.0 Å². The number of hydrogen-bond donors (Lipinski definition) is 2. The van der Waals surface area contributed by atoms with Crippen molar-refractivity contribution < 1.29 is 22.7 Å². The van der Waals surface area contributed by atoms with E-state index in [-0.39, 0.29) is 24.6 Å². The molecule has 0 bridgehead atoms. The first-order chi connectivity index (χ1) is 16.1. The van der Waals surface area contributed by atoms with E-state index in [1.807, 2.05) is 24.3 Å². The third-order valence-corrected chi connectivity index (χ3v) is 8.74. The van der Waals surface area contributed by atoms with Crippen LogP contribution in [0.15, 0.2) is 65.7 Å². The van der Waals surface area contributed by atoms with Gasteiger partial charge in [0.1, 0.15) is 16.7 Å². The molecule has 0 spiro atoms. The summed E-state index contributed by atoms with van der Waals surface area (Å²) in [5, 5.41) is 8.43. The fourth-order valence-corrected chi connectivity index (χ4v) is 6.92. The van der Waals surface area contributed by atoms with Gasteiger partial charge in [-0.25, -0.2) is 22.5 Å². The second-order valence-electron chi connectivity index (χ2n) is 8.44. The first-order valence-electron chi connectivity index (χ1n) is 10.6. The maximum atomic E-state index is 14.3. The summed E-state index contributed by atoms with van der Waals surface area (Å²) in [5.74, 6) is -0.492. The molecule has 0 amide bonds. The summed E-state index contributed by atoms with van der Waals surface area (Å²) in [7, 11) is -3.94. The molecule has 3 aromatic rings. The van der Waals surface area contributed by atoms with E-state index in [1.54, 1.807) is 44.2 Å². The molecule has 34 heavy (non-hydrogen) atoms. The normalized spacial score (nSPS) is 21.0. The van der Waals surface area contributed by atoms with Crippen molar-refractivity contribution >= 4 is 39.0 Å². The summed E-state index contributed by atoms with van der Waals surface area (Å²) in [4.78, 5) is 5.31. The van der Waals surface area contributed by atoms with Gasteiger partial charge in [-0.2, -0.15) is 0 Å². The van der Waals surface area contributed by atoms with E-state index in [0.29, 0.717) is 9.90 Å². The number of nitrogens with zero attached hydrogens (tertiary/aromatic N) is 1. The molecule has 1 fully saturated rings. The monoisotopic (exact) mass is 522 g/mol. The molecule has 4 rings (SSSR count). The van der Waals surface area contributed by atoms with E-state index < -0.39 is 32.7 Å². The zero-order chi connectivity index (χ0) is 24.5. The van der Waals surface area contributed by atoms with Crippen molar-refractivity contribution in [1.82, 2.24) is 4.72 Å². The van der Waals surface area contributed by atoms with Crippen LogP contribution in [0.25, 0.3) is 10.4 Å². The van der Waals surface area contributed by atoms with Gasteiger partial charge in [-0.1, -0.05) is 54.1 Å². The van der Waals surface area contributed by atoms with E-state index >= 15 is 0 Å². The van der Waals surface area contributed by atoms with E-state index in [9.17, 15) is 17.9 Å². The maximum Gasteiger partial charge on any atom is 0.299 e. The second-order valence-corrected chi connectivity index (χ2v) is 11.9. The Bertz CT molecular complexity index is 1310. The predicted molar refractivity (Wildman–Crippen MR) is 133 cm³/mol. The number of nitrogens with one attached hydrogen (secondary N) is 1. The van der Waals surface area contributed by atoms with E-state index in [1.165, 1.54) is 17.4 Å². The zero-order valence-electron chi connectivity index (χ0n) is 18.5. The van der Waals surface area contributed by atoms with Gasteiger partial charge in [0, 0.05) is 17.0 Å². The smallest absolute Gasteiger partial charge is 0.299 e. The van der Waals surface area contributed by atoms with Gasteiger partial charge >= 0.3 is 0 Å². The molecule has 1 saturated heterocycles. The Morgan fingerprint density at radius 1 is 1.18 bits per heavy atom. The van der Waals surface area contributed by atoms with Gasteiger partial charge < -0.3 is 9.84 Å². The van der Waals surface area contributed by atoms with Crippen LogP contribution in [0.4, 0.5) is 4.39 Å². The highest BCUT2D eigenvalue weighted by Crippen LogP contribution is 2.40. The minimum absolute atomic E-state index is 0.105. The van der Waals surface area contributed by atoms with Crippen molar-refractivity contribution in [1.29, 1.82) is 0 Å². The summed E-state index contributed by atoms with van der Waals surface area (Å²) >= 11 is 7.46. The number of sulfonamides is 1. The molecule has 0 saturated carbocycles. The number of benzene rings is 2. The third-order valence-electron chi connectivity index (χ3n) is 5.54. The summed E-state index contributed by atoms with van der Waals surface area (Å²) in [6.07, 6.45) is 0.105. The molecule has 180 valence electrons. The van der Waals surface area contributed by atoms with Gasteiger partial charge in [0.15, 0.2) is 0 Å². The topological polar surface area (TPSA) is 88.0 Å². The molecule has 0 radical (unpaired) electrons. The van der Waals surface area contributed by atoms with Crippen LogP contribution >= 0.6 is 22.9 Å². The number of aliphatic hydroxyl groups excluding tert-OH is 1. The number of rotatable bonds is 6. The van der Waals surface area contributed by atoms with E-state index in [4.69, 9.17) is 16.3 Å². The lowest BCUT2D eigenvalue weighted by Gasteiger charge is -2.39. The average Bonchev–Trinajstić information content (AvgIpc) is 3.19. The fourth-order valence-electron chi connectivity index (χ4n) is 4.10. The maximum absolute atomic E-state index is 14.3. The Morgan fingerprint density at radius 2 is 1.88 bits per heavy atom. The standard InChI is InChI=1S/C24H24ClFN2O4S2/c1-24(2)22(16-9-7-15(8-10-16)20-11-12-21(25)33-20)34(30,31)28-23(32-24)27-19(13-14-29)17-5-3-4-6-18(17)26/h3-12,19,22,29H,13-14H2,1-2H3,(H,27,28)/t19-,22?/m0/s1. The van der Waals surface area contributed by atoms with Crippen LogP contribution < -0.4 is 4.72 Å². The minimum Gasteiger partial charge on any atom is -0.457 e. The Kier molecular flexibility index (Phi) is 7.00. The van der Waals surface area contributed by atoms with Crippen molar-refractivity contribution in [2.24, 2.45) is 4.99 Å². The number of ether oxygens (including phenoxy) is 1. The fraction of sp³-hybridized carbons (Fsp3) is 0.292. The lowest BCUT2D eigenvalue weighted by atomic mass is 9.96. The summed E-state index contributed by atoms with van der Waals surface area (Å²) in [6.45, 7) is 3.09. The van der Waals surface area contributed by atoms with Gasteiger partial charge in [-0.15, -0.1) is 11.3 Å². The number of aliphatic hydroxyl groups is 1. The predicted octanol–water partition coefficient (Wildman–Crippen LogP) is 5.46. The van der Waals surface area contributed by atoms with E-state index in [0.717, 1.165) is 10.4 Å². The molecule has 2 atom stereocenters. The molecule has 1 aromatic heterocycles. The summed E-state index contributed by atoms with van der Waals surface area (Å²) in [5.41, 5.74) is 0.565. The first kappa shape index (κ1) is 24.7. The van der Waals surface area contributed by atoms with Crippen molar-refractivity contribution in [2.75, 3.05) is 6.61 Å². The molecule has 2 N–H and O–H groups in total. The Morgan fingerprint density at radius 3 is 2.47 bits per heavy atom. The van der Waals surface area contributed by atoms with E-state index in [2.05, 4.69) is 9.71 Å². The Balaban J connectivity index is 1.64. The lowest BCUT2D eigenvalue weighted by Crippen LogP contribution is -2.53. The molecule has 1 aliphatic rings. The molecule has 2 aromatic carbocycles. The average molecular weight is 523 g/mol. The van der Waals surface area contributed by atoms with Gasteiger partial charge in [-0.3, -0.25) is 0 Å². The molecular formula is C24H24ClFN2O4S2. The van der Waals surface area contributed by atoms with Gasteiger partial charge in [-0.05, 0) is 49.6 Å². The van der Waals surface area contributed by atoms with Crippen LogP contribution in [0.5, 0.6) is 0 Å². The molecule has 10 heteroatoms. The SMILES string of the molecule is CC1(C)OC(=N[C@@H](CCO)c2ccccc2F)NS(=O)(=O)C1c1ccc(-c2ccc(Cl)s2)cc1. The van der Waals surface area contributed by atoms with Gasteiger partial charge in [0.05, 0.1) is 10.4 Å². The highest BCUT2D eigenvalue weighted by Gasteiger charge is 2.48. The number of halogens is 2. The Labute approximate surface area is 207 Å². The highest BCUT2D eigenvalue weighted by molar-refractivity contribution is 7.90. The highest BCUT2D eigenvalue weighted by atomic mass is 35.5. The van der Waals surface area contributed by atoms with Gasteiger partial charge in [0.25, 0.3) is 6.02 Å². The zero-order valence-corrected chi connectivity index (χ0v) is 20.9. The molecule has 2 heterocycles. The van der Waals surface area contributed by atoms with Crippen molar-refractivity contribution in [3.8, 4) is 10.4 Å². The van der Waals surface area contributed by atoms with Crippen molar-refractivity contribution in [3.63, 3.8) is 0 Å². The van der Waals surface area contributed by atoms with Crippen LogP contribution in [0, 0.1) is 5.82 Å². The van der Waals surface area contributed by atoms with Crippen LogP contribution in [0.1, 0.15) is 42.7 Å². The quantitative estimate of drug-likeness (QED) is 0.450. The molecular weight excluding hydrogens is 499 g/mol. The number of thiophene rings is 1. The number of aliphatic imine (C=N–C) groups is 1. The molecule has 6 nitrogen and oxygen atoms in total. The molecule has 0 aliphatic carbocycles. The molecule has 1 aliphatic heterocycles. The second kappa shape index (κ2) is 9.65. The Hall–Kier alpha value is -2.46. The lowest BCUT2D eigenvalue weighted by molar-refractivity contribution is 0.0758. The molecule has 1 unspecified atom stereocenters. The van der Waals surface area contributed by atoms with Crippen LogP contribution in [-0.2, 0) is 14.8 Å². The van der Waals surface area contributed by atoms with Crippen molar-refractivity contribution in [3.05, 3.63) is 81.9 Å². The number of amidine groups is 1. The minimum atomic E-state index is -3.94. The van der Waals surface area contributed by atoms with Crippen LogP contribution in [-0.4, -0.2) is 31.8 Å².